The molecule has 0 fully saturated rings. The van der Waals surface area contributed by atoms with Gasteiger partial charge in [0.25, 0.3) is 0 Å². The third kappa shape index (κ3) is 6.15. The lowest BCUT2D eigenvalue weighted by molar-refractivity contribution is 0.353. The minimum atomic E-state index is 0.406. The van der Waals surface area contributed by atoms with Gasteiger partial charge in [0.15, 0.2) is 0 Å². The van der Waals surface area contributed by atoms with Gasteiger partial charge < -0.3 is 5.32 Å². The zero-order chi connectivity index (χ0) is 13.9. The van der Waals surface area contributed by atoms with Gasteiger partial charge in [-0.3, -0.25) is 0 Å². The molecule has 1 aromatic heterocycles. The lowest BCUT2D eigenvalue weighted by atomic mass is 9.90. The van der Waals surface area contributed by atoms with Crippen LogP contribution in [0.15, 0.2) is 18.7 Å². The van der Waals surface area contributed by atoms with Crippen LogP contribution in [0.5, 0.6) is 0 Å². The van der Waals surface area contributed by atoms with Crippen molar-refractivity contribution in [3.8, 4) is 0 Å². The topological polar surface area (TPSA) is 37.8 Å². The van der Waals surface area contributed by atoms with Crippen LogP contribution in [0.4, 0.5) is 0 Å². The normalized spacial score (nSPS) is 14.3. The van der Waals surface area contributed by atoms with Crippen molar-refractivity contribution in [2.45, 2.75) is 65.3 Å². The zero-order valence-electron chi connectivity index (χ0n) is 12.7. The Morgan fingerprint density at radius 3 is 2.42 bits per heavy atom. The van der Waals surface area contributed by atoms with Gasteiger partial charge in [0, 0.05) is 24.0 Å². The summed E-state index contributed by atoms with van der Waals surface area (Å²) >= 11 is 0. The molecule has 19 heavy (non-hydrogen) atoms. The van der Waals surface area contributed by atoms with Gasteiger partial charge >= 0.3 is 0 Å². The highest BCUT2D eigenvalue weighted by atomic mass is 14.9. The molecule has 0 amide bonds. The minimum Gasteiger partial charge on any atom is -0.310 e. The van der Waals surface area contributed by atoms with E-state index in [2.05, 4.69) is 36.1 Å². The summed E-state index contributed by atoms with van der Waals surface area (Å²) in [4.78, 5) is 8.32. The summed E-state index contributed by atoms with van der Waals surface area (Å²) in [7, 11) is 0. The van der Waals surface area contributed by atoms with E-state index in [1.54, 1.807) is 6.33 Å². The maximum absolute atomic E-state index is 4.16. The number of rotatable bonds is 10. The van der Waals surface area contributed by atoms with Gasteiger partial charge in [-0.1, -0.05) is 46.5 Å². The highest BCUT2D eigenvalue weighted by Crippen LogP contribution is 2.26. The molecule has 0 saturated carbocycles. The van der Waals surface area contributed by atoms with Crippen molar-refractivity contribution in [3.05, 3.63) is 24.3 Å². The molecule has 1 aromatic rings. The molecule has 0 radical (unpaired) electrons. The van der Waals surface area contributed by atoms with Crippen molar-refractivity contribution in [2.75, 3.05) is 6.54 Å². The van der Waals surface area contributed by atoms with Gasteiger partial charge in [0.2, 0.25) is 0 Å². The Hall–Kier alpha value is -0.960. The molecule has 2 atom stereocenters. The first-order valence-electron chi connectivity index (χ1n) is 7.80. The molecule has 0 aliphatic carbocycles. The second kappa shape index (κ2) is 9.90. The lowest BCUT2D eigenvalue weighted by Crippen LogP contribution is -2.24. The summed E-state index contributed by atoms with van der Waals surface area (Å²) in [5, 5.41) is 3.65. The highest BCUT2D eigenvalue weighted by molar-refractivity contribution is 5.09. The molecule has 1 rings (SSSR count). The molecule has 0 aliphatic heterocycles. The highest BCUT2D eigenvalue weighted by Gasteiger charge is 2.16. The number of aromatic nitrogens is 2. The Morgan fingerprint density at radius 1 is 1.11 bits per heavy atom. The second-order valence-electron chi connectivity index (χ2n) is 5.33. The smallest absolute Gasteiger partial charge is 0.115 e. The molecule has 2 unspecified atom stereocenters. The fraction of sp³-hybridized carbons (Fsp3) is 0.750. The first-order valence-corrected chi connectivity index (χ1v) is 7.80. The van der Waals surface area contributed by atoms with Crippen LogP contribution in [0.3, 0.4) is 0 Å². The van der Waals surface area contributed by atoms with Crippen molar-refractivity contribution in [2.24, 2.45) is 5.92 Å². The Bertz CT molecular complexity index is 313. The van der Waals surface area contributed by atoms with Crippen molar-refractivity contribution in [1.29, 1.82) is 0 Å². The fourth-order valence-electron chi connectivity index (χ4n) is 2.46. The Morgan fingerprint density at radius 2 is 1.84 bits per heavy atom. The van der Waals surface area contributed by atoms with Crippen LogP contribution in [-0.4, -0.2) is 16.5 Å². The summed E-state index contributed by atoms with van der Waals surface area (Å²) in [5.74, 6) is 0.800. The molecular formula is C16H29N3. The number of hydrogen-bond donors (Lipinski definition) is 1. The number of hydrogen-bond acceptors (Lipinski definition) is 3. The van der Waals surface area contributed by atoms with Crippen molar-refractivity contribution in [3.63, 3.8) is 0 Å². The van der Waals surface area contributed by atoms with Crippen LogP contribution in [-0.2, 0) is 0 Å². The molecule has 0 saturated heterocycles. The maximum atomic E-state index is 4.16. The predicted molar refractivity (Wildman–Crippen MR) is 81.0 cm³/mol. The quantitative estimate of drug-likeness (QED) is 0.690. The molecule has 1 heterocycles. The monoisotopic (exact) mass is 263 g/mol. The van der Waals surface area contributed by atoms with E-state index < -0.39 is 0 Å². The van der Waals surface area contributed by atoms with Crippen LogP contribution >= 0.6 is 0 Å². The number of nitrogens with zero attached hydrogens (tertiary/aromatic N) is 2. The van der Waals surface area contributed by atoms with Crippen molar-refractivity contribution >= 4 is 0 Å². The Balaban J connectivity index is 2.62. The van der Waals surface area contributed by atoms with E-state index >= 15 is 0 Å². The largest absolute Gasteiger partial charge is 0.310 e. The van der Waals surface area contributed by atoms with Gasteiger partial charge in [-0.05, 0) is 25.3 Å². The average Bonchev–Trinajstić information content (AvgIpc) is 2.47. The van der Waals surface area contributed by atoms with Crippen LogP contribution < -0.4 is 5.32 Å². The van der Waals surface area contributed by atoms with E-state index in [0.717, 1.165) is 18.9 Å². The SMILES string of the molecule is CCCCC(CC)CC(NCCC)c1cncnc1. The second-order valence-corrected chi connectivity index (χ2v) is 5.33. The lowest BCUT2D eigenvalue weighted by Gasteiger charge is -2.23. The van der Waals surface area contributed by atoms with Crippen molar-refractivity contribution < 1.29 is 0 Å². The minimum absolute atomic E-state index is 0.406. The standard InChI is InChI=1S/C16H29N3/c1-4-7-8-14(6-3)10-16(19-9-5-2)15-11-17-13-18-12-15/h11-14,16,19H,4-10H2,1-3H3. The van der Waals surface area contributed by atoms with E-state index in [4.69, 9.17) is 0 Å². The Kier molecular flexibility index (Phi) is 8.39. The zero-order valence-corrected chi connectivity index (χ0v) is 12.7. The molecule has 1 N–H and O–H groups in total. The van der Waals surface area contributed by atoms with Crippen LogP contribution in [0.2, 0.25) is 0 Å². The van der Waals surface area contributed by atoms with Gasteiger partial charge in [-0.15, -0.1) is 0 Å². The van der Waals surface area contributed by atoms with Gasteiger partial charge in [0.1, 0.15) is 6.33 Å². The predicted octanol–water partition coefficient (Wildman–Crippen LogP) is 4.12. The van der Waals surface area contributed by atoms with Crippen LogP contribution in [0, 0.1) is 5.92 Å². The number of unbranched alkanes of at least 4 members (excludes halogenated alkanes) is 1. The van der Waals surface area contributed by atoms with E-state index in [1.165, 1.54) is 37.7 Å². The third-order valence-electron chi connectivity index (χ3n) is 3.74. The first-order chi connectivity index (χ1) is 9.31. The van der Waals surface area contributed by atoms with Gasteiger partial charge in [-0.25, -0.2) is 9.97 Å². The third-order valence-corrected chi connectivity index (χ3v) is 3.74. The van der Waals surface area contributed by atoms with E-state index in [1.807, 2.05) is 12.4 Å². The van der Waals surface area contributed by atoms with E-state index in [0.29, 0.717) is 6.04 Å². The molecule has 108 valence electrons. The van der Waals surface area contributed by atoms with Crippen LogP contribution in [0.25, 0.3) is 0 Å². The maximum Gasteiger partial charge on any atom is 0.115 e. The van der Waals surface area contributed by atoms with E-state index in [9.17, 15) is 0 Å². The summed E-state index contributed by atoms with van der Waals surface area (Å²) in [6.45, 7) is 7.84. The summed E-state index contributed by atoms with van der Waals surface area (Å²) < 4.78 is 0. The summed E-state index contributed by atoms with van der Waals surface area (Å²) in [5.41, 5.74) is 1.23. The Labute approximate surface area is 118 Å². The van der Waals surface area contributed by atoms with Crippen LogP contribution in [0.1, 0.15) is 70.9 Å². The molecule has 0 bridgehead atoms. The average molecular weight is 263 g/mol. The van der Waals surface area contributed by atoms with Crippen molar-refractivity contribution in [1.82, 2.24) is 15.3 Å². The molecule has 3 heteroatoms. The summed E-state index contributed by atoms with van der Waals surface area (Å²) in [6.07, 6.45) is 13.1. The fourth-order valence-corrected chi connectivity index (χ4v) is 2.46. The molecule has 0 aliphatic rings. The van der Waals surface area contributed by atoms with Gasteiger partial charge in [0.05, 0.1) is 0 Å². The molecule has 3 nitrogen and oxygen atoms in total. The molecular weight excluding hydrogens is 234 g/mol. The van der Waals surface area contributed by atoms with Gasteiger partial charge in [-0.2, -0.15) is 0 Å². The number of nitrogens with one attached hydrogen (secondary N) is 1. The molecule has 0 spiro atoms. The van der Waals surface area contributed by atoms with E-state index in [-0.39, 0.29) is 0 Å². The first kappa shape index (κ1) is 16.1. The molecule has 0 aromatic carbocycles. The summed E-state index contributed by atoms with van der Waals surface area (Å²) in [6, 6.07) is 0.406.